The zero-order valence-electron chi connectivity index (χ0n) is 19.3. The van der Waals surface area contributed by atoms with Gasteiger partial charge in [0.05, 0.1) is 6.61 Å². The number of fused-ring (bicyclic) bond motifs is 1. The lowest BCUT2D eigenvalue weighted by molar-refractivity contribution is 0.125. The molecule has 1 heterocycles. The third kappa shape index (κ3) is 4.27. The first-order valence-electron chi connectivity index (χ1n) is 11.5. The van der Waals surface area contributed by atoms with Crippen LogP contribution in [-0.2, 0) is 17.5 Å². The Morgan fingerprint density at radius 2 is 1.23 bits per heavy atom. The molecule has 0 aromatic heterocycles. The Bertz CT molecular complexity index is 916. The van der Waals surface area contributed by atoms with Gasteiger partial charge in [0.15, 0.2) is 0 Å². The van der Waals surface area contributed by atoms with Gasteiger partial charge in [0.1, 0.15) is 0 Å². The number of rotatable bonds is 7. The van der Waals surface area contributed by atoms with E-state index in [2.05, 4.69) is 118 Å². The molecule has 0 unspecified atom stereocenters. The molecule has 1 aliphatic heterocycles. The SMILES string of the molecule is CC[C@H](CO[Si](c1ccccc1)(c1ccccc1)C(C)(C)C)N1Cc2ccccc2C1. The van der Waals surface area contributed by atoms with Crippen molar-refractivity contribution in [3.63, 3.8) is 0 Å². The molecule has 1 aliphatic rings. The van der Waals surface area contributed by atoms with Crippen molar-refractivity contribution in [3.05, 3.63) is 96.1 Å². The van der Waals surface area contributed by atoms with E-state index in [1.807, 2.05) is 0 Å². The minimum atomic E-state index is -2.49. The molecular weight excluding hydrogens is 394 g/mol. The van der Waals surface area contributed by atoms with Crippen LogP contribution in [-0.4, -0.2) is 25.9 Å². The highest BCUT2D eigenvalue weighted by molar-refractivity contribution is 6.99. The van der Waals surface area contributed by atoms with Gasteiger partial charge in [-0.25, -0.2) is 0 Å². The van der Waals surface area contributed by atoms with Crippen molar-refractivity contribution in [2.45, 2.75) is 58.3 Å². The van der Waals surface area contributed by atoms with Crippen LogP contribution in [0.15, 0.2) is 84.9 Å². The van der Waals surface area contributed by atoms with E-state index in [-0.39, 0.29) is 5.04 Å². The van der Waals surface area contributed by atoms with Crippen LogP contribution >= 0.6 is 0 Å². The van der Waals surface area contributed by atoms with Crippen molar-refractivity contribution in [2.24, 2.45) is 0 Å². The summed E-state index contributed by atoms with van der Waals surface area (Å²) in [6, 6.07) is 31.2. The number of nitrogens with zero attached hydrogens (tertiary/aromatic N) is 1. The lowest BCUT2D eigenvalue weighted by Crippen LogP contribution is -2.67. The quantitative estimate of drug-likeness (QED) is 0.469. The standard InChI is InChI=1S/C28H35NOSi/c1-5-25(29-20-23-14-12-13-15-24(23)21-29)22-30-31(28(2,3)4,26-16-8-6-9-17-26)27-18-10-7-11-19-27/h6-19,25H,5,20-22H2,1-4H3/t25-/m1/s1. The Hall–Kier alpha value is -2.20. The molecule has 162 valence electrons. The second kappa shape index (κ2) is 9.11. The van der Waals surface area contributed by atoms with Gasteiger partial charge >= 0.3 is 0 Å². The molecular formula is C28H35NOSi. The van der Waals surface area contributed by atoms with E-state index < -0.39 is 8.32 Å². The van der Waals surface area contributed by atoms with Crippen molar-refractivity contribution in [2.75, 3.05) is 6.61 Å². The molecule has 0 spiro atoms. The molecule has 0 saturated carbocycles. The highest BCUT2D eigenvalue weighted by Gasteiger charge is 2.50. The zero-order valence-corrected chi connectivity index (χ0v) is 20.3. The van der Waals surface area contributed by atoms with Crippen molar-refractivity contribution < 1.29 is 4.43 Å². The van der Waals surface area contributed by atoms with Gasteiger partial charge in [0, 0.05) is 19.1 Å². The van der Waals surface area contributed by atoms with Crippen molar-refractivity contribution >= 4 is 18.7 Å². The smallest absolute Gasteiger partial charge is 0.261 e. The van der Waals surface area contributed by atoms with Gasteiger partial charge in [-0.05, 0) is 33.0 Å². The predicted octanol–water partition coefficient (Wildman–Crippen LogP) is 5.36. The molecule has 1 atom stereocenters. The van der Waals surface area contributed by atoms with Gasteiger partial charge in [-0.3, -0.25) is 4.90 Å². The summed E-state index contributed by atoms with van der Waals surface area (Å²) in [4.78, 5) is 2.60. The van der Waals surface area contributed by atoms with Crippen LogP contribution in [0.4, 0.5) is 0 Å². The second-order valence-corrected chi connectivity index (χ2v) is 14.0. The third-order valence-corrected chi connectivity index (χ3v) is 11.8. The van der Waals surface area contributed by atoms with Gasteiger partial charge in [-0.2, -0.15) is 0 Å². The summed E-state index contributed by atoms with van der Waals surface area (Å²) in [5.41, 5.74) is 2.93. The molecule has 0 amide bonds. The van der Waals surface area contributed by atoms with E-state index >= 15 is 0 Å². The topological polar surface area (TPSA) is 12.5 Å². The summed E-state index contributed by atoms with van der Waals surface area (Å²) >= 11 is 0. The van der Waals surface area contributed by atoms with Gasteiger partial charge in [-0.1, -0.05) is 113 Å². The van der Waals surface area contributed by atoms with Crippen molar-refractivity contribution in [1.29, 1.82) is 0 Å². The van der Waals surface area contributed by atoms with Crippen LogP contribution in [0, 0.1) is 0 Å². The summed E-state index contributed by atoms with van der Waals surface area (Å²) < 4.78 is 7.23. The monoisotopic (exact) mass is 429 g/mol. The predicted molar refractivity (Wildman–Crippen MR) is 133 cm³/mol. The largest absolute Gasteiger partial charge is 0.406 e. The van der Waals surface area contributed by atoms with Gasteiger partial charge < -0.3 is 4.43 Å². The summed E-state index contributed by atoms with van der Waals surface area (Å²) in [7, 11) is -2.49. The van der Waals surface area contributed by atoms with Crippen LogP contribution in [0.5, 0.6) is 0 Å². The van der Waals surface area contributed by atoms with Crippen LogP contribution in [0.3, 0.4) is 0 Å². The fourth-order valence-electron chi connectivity index (χ4n) is 5.08. The molecule has 3 heteroatoms. The Labute approximate surface area is 189 Å². The Balaban J connectivity index is 1.67. The van der Waals surface area contributed by atoms with Gasteiger partial charge in [0.2, 0.25) is 0 Å². The number of hydrogen-bond acceptors (Lipinski definition) is 2. The molecule has 0 bridgehead atoms. The average molecular weight is 430 g/mol. The van der Waals surface area contributed by atoms with E-state index in [1.54, 1.807) is 0 Å². The lowest BCUT2D eigenvalue weighted by atomic mass is 10.1. The Morgan fingerprint density at radius 3 is 1.65 bits per heavy atom. The van der Waals surface area contributed by atoms with Crippen molar-refractivity contribution in [1.82, 2.24) is 4.90 Å². The number of hydrogen-bond donors (Lipinski definition) is 0. The first kappa shape index (κ1) is 22.0. The molecule has 0 fully saturated rings. The molecule has 2 nitrogen and oxygen atoms in total. The second-order valence-electron chi connectivity index (χ2n) is 9.71. The van der Waals surface area contributed by atoms with Crippen LogP contribution in [0.1, 0.15) is 45.2 Å². The molecule has 0 saturated heterocycles. The minimum absolute atomic E-state index is 0.0158. The molecule has 0 radical (unpaired) electrons. The van der Waals surface area contributed by atoms with E-state index in [4.69, 9.17) is 4.43 Å². The molecule has 0 aliphatic carbocycles. The number of benzene rings is 3. The molecule has 4 rings (SSSR count). The zero-order chi connectivity index (χ0) is 21.9. The lowest BCUT2D eigenvalue weighted by Gasteiger charge is -2.44. The molecule has 0 N–H and O–H groups in total. The van der Waals surface area contributed by atoms with E-state index in [9.17, 15) is 0 Å². The van der Waals surface area contributed by atoms with Gasteiger partial charge in [-0.15, -0.1) is 0 Å². The summed E-state index contributed by atoms with van der Waals surface area (Å²) in [5, 5.41) is 2.73. The first-order chi connectivity index (χ1) is 15.0. The maximum Gasteiger partial charge on any atom is 0.261 e. The molecule has 3 aromatic carbocycles. The van der Waals surface area contributed by atoms with Crippen LogP contribution < -0.4 is 10.4 Å². The molecule has 31 heavy (non-hydrogen) atoms. The summed E-state index contributed by atoms with van der Waals surface area (Å²) in [6.07, 6.45) is 1.09. The Kier molecular flexibility index (Phi) is 6.47. The van der Waals surface area contributed by atoms with Crippen LogP contribution in [0.2, 0.25) is 5.04 Å². The Morgan fingerprint density at radius 1 is 0.774 bits per heavy atom. The normalized spacial score (nSPS) is 15.6. The maximum atomic E-state index is 7.23. The third-order valence-electron chi connectivity index (χ3n) is 6.76. The first-order valence-corrected chi connectivity index (χ1v) is 13.4. The van der Waals surface area contributed by atoms with Crippen LogP contribution in [0.25, 0.3) is 0 Å². The highest BCUT2D eigenvalue weighted by Crippen LogP contribution is 2.37. The fourth-order valence-corrected chi connectivity index (χ4v) is 9.68. The van der Waals surface area contributed by atoms with E-state index in [0.717, 1.165) is 26.1 Å². The summed E-state index contributed by atoms with van der Waals surface area (Å²) in [5.74, 6) is 0. The average Bonchev–Trinajstić information content (AvgIpc) is 3.21. The van der Waals surface area contributed by atoms with E-state index in [1.165, 1.54) is 21.5 Å². The van der Waals surface area contributed by atoms with Gasteiger partial charge in [0.25, 0.3) is 8.32 Å². The molecule has 3 aromatic rings. The minimum Gasteiger partial charge on any atom is -0.406 e. The van der Waals surface area contributed by atoms with E-state index in [0.29, 0.717) is 6.04 Å². The fraction of sp³-hybridized carbons (Fsp3) is 0.357. The van der Waals surface area contributed by atoms with Crippen molar-refractivity contribution in [3.8, 4) is 0 Å². The summed E-state index contributed by atoms with van der Waals surface area (Å²) in [6.45, 7) is 12.2. The maximum absolute atomic E-state index is 7.23. The highest BCUT2D eigenvalue weighted by atomic mass is 28.4.